The average molecular weight is 358 g/mol. The van der Waals surface area contributed by atoms with E-state index in [9.17, 15) is 14.4 Å². The lowest BCUT2D eigenvalue weighted by atomic mass is 10.1. The molecule has 0 radical (unpaired) electrons. The summed E-state index contributed by atoms with van der Waals surface area (Å²) in [5.41, 5.74) is 1.22. The lowest BCUT2D eigenvalue weighted by Crippen LogP contribution is -2.07. The van der Waals surface area contributed by atoms with Crippen molar-refractivity contribution in [1.82, 2.24) is 9.97 Å². The number of ether oxygens (including phenoxy) is 2. The topological polar surface area (TPSA) is 95.5 Å². The molecule has 0 saturated heterocycles. The maximum Gasteiger partial charge on any atom is 0.338 e. The zero-order chi connectivity index (χ0) is 19.4. The van der Waals surface area contributed by atoms with Gasteiger partial charge in [0.05, 0.1) is 24.3 Å². The SMILES string of the molecule is CCOC(=O)c1ccnc(C(=O)CC)c1.CCOC(=O)c1ccncc1. The summed E-state index contributed by atoms with van der Waals surface area (Å²) in [5.74, 6) is -0.805. The van der Waals surface area contributed by atoms with E-state index < -0.39 is 5.97 Å². The van der Waals surface area contributed by atoms with Gasteiger partial charge in [0, 0.05) is 25.0 Å². The van der Waals surface area contributed by atoms with Gasteiger partial charge in [0.1, 0.15) is 5.69 Å². The first-order valence-corrected chi connectivity index (χ1v) is 8.26. The van der Waals surface area contributed by atoms with Gasteiger partial charge in [-0.1, -0.05) is 6.92 Å². The molecule has 0 spiro atoms. The van der Waals surface area contributed by atoms with E-state index in [0.717, 1.165) is 0 Å². The molecule has 0 atom stereocenters. The van der Waals surface area contributed by atoms with E-state index in [1.807, 2.05) is 0 Å². The van der Waals surface area contributed by atoms with Gasteiger partial charge in [0.25, 0.3) is 0 Å². The Labute approximate surface area is 152 Å². The molecule has 7 nitrogen and oxygen atoms in total. The van der Waals surface area contributed by atoms with Crippen LogP contribution < -0.4 is 0 Å². The molecule has 0 bridgehead atoms. The second kappa shape index (κ2) is 11.5. The fourth-order valence-corrected chi connectivity index (χ4v) is 1.81. The molecule has 0 aliphatic heterocycles. The highest BCUT2D eigenvalue weighted by Crippen LogP contribution is 2.06. The highest BCUT2D eigenvalue weighted by Gasteiger charge is 2.10. The van der Waals surface area contributed by atoms with Crippen LogP contribution in [0.5, 0.6) is 0 Å². The minimum atomic E-state index is -0.426. The molecule has 2 aromatic heterocycles. The molecule has 26 heavy (non-hydrogen) atoms. The molecule has 0 saturated carbocycles. The molecule has 0 fully saturated rings. The van der Waals surface area contributed by atoms with Crippen LogP contribution in [0.1, 0.15) is 58.4 Å². The number of aromatic nitrogens is 2. The monoisotopic (exact) mass is 358 g/mol. The van der Waals surface area contributed by atoms with Crippen LogP contribution in [0, 0.1) is 0 Å². The van der Waals surface area contributed by atoms with Crippen LogP contribution in [-0.2, 0) is 9.47 Å². The van der Waals surface area contributed by atoms with Crippen LogP contribution in [-0.4, -0.2) is 40.9 Å². The standard InChI is InChI=1S/C11H13NO3.C8H9NO2/c1-3-10(13)9-7-8(5-6-12-9)11(14)15-4-2;1-2-11-8(10)7-3-5-9-6-4-7/h5-7H,3-4H2,1-2H3;3-6H,2H2,1H3. The zero-order valence-electron chi connectivity index (χ0n) is 15.1. The number of hydrogen-bond donors (Lipinski definition) is 0. The van der Waals surface area contributed by atoms with E-state index in [0.29, 0.717) is 36.5 Å². The molecule has 2 heterocycles. The van der Waals surface area contributed by atoms with E-state index in [1.54, 1.807) is 45.3 Å². The summed E-state index contributed by atoms with van der Waals surface area (Å²) in [4.78, 5) is 41.3. The quantitative estimate of drug-likeness (QED) is 0.578. The summed E-state index contributed by atoms with van der Waals surface area (Å²) in [7, 11) is 0. The summed E-state index contributed by atoms with van der Waals surface area (Å²) >= 11 is 0. The molecule has 0 amide bonds. The Morgan fingerprint density at radius 3 is 1.92 bits per heavy atom. The van der Waals surface area contributed by atoms with Gasteiger partial charge in [-0.3, -0.25) is 14.8 Å². The Morgan fingerprint density at radius 1 is 0.846 bits per heavy atom. The Kier molecular flexibility index (Phi) is 9.24. The normalized spacial score (nSPS) is 9.50. The van der Waals surface area contributed by atoms with E-state index in [-0.39, 0.29) is 11.8 Å². The number of carbonyl (C=O) groups excluding carboxylic acids is 3. The number of hydrogen-bond acceptors (Lipinski definition) is 7. The van der Waals surface area contributed by atoms with Crippen molar-refractivity contribution >= 4 is 17.7 Å². The molecule has 0 aliphatic carbocycles. The fraction of sp³-hybridized carbons (Fsp3) is 0.316. The Morgan fingerprint density at radius 2 is 1.38 bits per heavy atom. The average Bonchev–Trinajstić information content (AvgIpc) is 2.69. The predicted molar refractivity (Wildman–Crippen MR) is 95.0 cm³/mol. The number of nitrogens with zero attached hydrogens (tertiary/aromatic N) is 2. The lowest BCUT2D eigenvalue weighted by molar-refractivity contribution is 0.0516. The van der Waals surface area contributed by atoms with Crippen LogP contribution in [0.3, 0.4) is 0 Å². The molecule has 7 heteroatoms. The molecule has 0 unspecified atom stereocenters. The number of pyridine rings is 2. The minimum absolute atomic E-state index is 0.0823. The van der Waals surface area contributed by atoms with E-state index in [4.69, 9.17) is 9.47 Å². The van der Waals surface area contributed by atoms with Gasteiger partial charge < -0.3 is 9.47 Å². The van der Waals surface area contributed by atoms with Crippen molar-refractivity contribution in [1.29, 1.82) is 0 Å². The third-order valence-electron chi connectivity index (χ3n) is 3.07. The first-order chi connectivity index (χ1) is 12.5. The van der Waals surface area contributed by atoms with Crippen LogP contribution in [0.4, 0.5) is 0 Å². The van der Waals surface area contributed by atoms with Crippen molar-refractivity contribution < 1.29 is 23.9 Å². The summed E-state index contributed by atoms with van der Waals surface area (Å²) in [5, 5.41) is 0. The number of rotatable bonds is 6. The zero-order valence-corrected chi connectivity index (χ0v) is 15.1. The molecular weight excluding hydrogens is 336 g/mol. The second-order valence-electron chi connectivity index (χ2n) is 4.88. The van der Waals surface area contributed by atoms with E-state index in [2.05, 4.69) is 9.97 Å². The molecule has 0 aromatic carbocycles. The Bertz CT molecular complexity index is 732. The largest absolute Gasteiger partial charge is 0.462 e. The van der Waals surface area contributed by atoms with Crippen LogP contribution in [0.2, 0.25) is 0 Å². The highest BCUT2D eigenvalue weighted by molar-refractivity contribution is 5.97. The van der Waals surface area contributed by atoms with Crippen LogP contribution in [0.15, 0.2) is 42.9 Å². The molecule has 2 aromatic rings. The smallest absolute Gasteiger partial charge is 0.338 e. The summed E-state index contributed by atoms with van der Waals surface area (Å²) < 4.78 is 9.58. The molecule has 0 aliphatic rings. The van der Waals surface area contributed by atoms with Crippen LogP contribution >= 0.6 is 0 Å². The number of esters is 2. The molecule has 0 N–H and O–H groups in total. The highest BCUT2D eigenvalue weighted by atomic mass is 16.5. The van der Waals surface area contributed by atoms with E-state index in [1.165, 1.54) is 18.3 Å². The summed E-state index contributed by atoms with van der Waals surface area (Å²) in [6.45, 7) is 5.98. The third-order valence-corrected chi connectivity index (χ3v) is 3.07. The van der Waals surface area contributed by atoms with Gasteiger partial charge in [-0.25, -0.2) is 9.59 Å². The Hall–Kier alpha value is -3.09. The second-order valence-corrected chi connectivity index (χ2v) is 4.88. The summed E-state index contributed by atoms with van der Waals surface area (Å²) in [6, 6.07) is 6.24. The first kappa shape index (κ1) is 21.0. The van der Waals surface area contributed by atoms with Crippen molar-refractivity contribution in [3.63, 3.8) is 0 Å². The molecule has 2 rings (SSSR count). The minimum Gasteiger partial charge on any atom is -0.462 e. The Balaban J connectivity index is 0.000000273. The summed E-state index contributed by atoms with van der Waals surface area (Å²) in [6.07, 6.45) is 4.94. The number of ketones is 1. The van der Waals surface area contributed by atoms with Crippen molar-refractivity contribution in [3.8, 4) is 0 Å². The lowest BCUT2D eigenvalue weighted by Gasteiger charge is -2.02. The molecule has 138 valence electrons. The predicted octanol–water partition coefficient (Wildman–Crippen LogP) is 3.11. The van der Waals surface area contributed by atoms with Crippen molar-refractivity contribution in [2.24, 2.45) is 0 Å². The van der Waals surface area contributed by atoms with Gasteiger partial charge in [-0.05, 0) is 38.1 Å². The van der Waals surface area contributed by atoms with Crippen LogP contribution in [0.25, 0.3) is 0 Å². The van der Waals surface area contributed by atoms with Gasteiger partial charge in [-0.15, -0.1) is 0 Å². The maximum atomic E-state index is 11.3. The maximum absolute atomic E-state index is 11.3. The van der Waals surface area contributed by atoms with Crippen molar-refractivity contribution in [2.75, 3.05) is 13.2 Å². The van der Waals surface area contributed by atoms with Gasteiger partial charge in [-0.2, -0.15) is 0 Å². The van der Waals surface area contributed by atoms with Gasteiger partial charge in [0.15, 0.2) is 5.78 Å². The van der Waals surface area contributed by atoms with Crippen molar-refractivity contribution in [2.45, 2.75) is 27.2 Å². The van der Waals surface area contributed by atoms with Gasteiger partial charge in [0.2, 0.25) is 0 Å². The number of Topliss-reactive ketones (excluding diaryl/α,β-unsaturated/α-hetero) is 1. The molecular formula is C19H22N2O5. The third kappa shape index (κ3) is 6.80. The van der Waals surface area contributed by atoms with E-state index >= 15 is 0 Å². The van der Waals surface area contributed by atoms with Gasteiger partial charge >= 0.3 is 11.9 Å². The number of carbonyl (C=O) groups is 3. The fourth-order valence-electron chi connectivity index (χ4n) is 1.81. The van der Waals surface area contributed by atoms with Crippen molar-refractivity contribution in [3.05, 3.63) is 59.7 Å². The first-order valence-electron chi connectivity index (χ1n) is 8.26.